The molecule has 2 atom stereocenters. The maximum Gasteiger partial charge on any atom is 0.418 e. The number of rotatable bonds is 4. The summed E-state index contributed by atoms with van der Waals surface area (Å²) in [7, 11) is -1.94. The second kappa shape index (κ2) is 7.08. The van der Waals surface area contributed by atoms with Crippen molar-refractivity contribution in [2.75, 3.05) is 18.0 Å². The monoisotopic (exact) mass is 359 g/mol. The third-order valence-electron chi connectivity index (χ3n) is 4.68. The number of anilines is 1. The van der Waals surface area contributed by atoms with Crippen LogP contribution in [0.4, 0.5) is 18.9 Å². The first-order chi connectivity index (χ1) is 11.1. The molecule has 24 heavy (non-hydrogen) atoms. The molecule has 0 N–H and O–H groups in total. The Hall–Kier alpha value is -1.01. The molecular formula is C18H28F3NOSi. The zero-order valence-corrected chi connectivity index (χ0v) is 16.2. The van der Waals surface area contributed by atoms with Crippen molar-refractivity contribution in [3.05, 3.63) is 23.8 Å². The van der Waals surface area contributed by atoms with Crippen LogP contribution in [-0.4, -0.2) is 33.4 Å². The van der Waals surface area contributed by atoms with Gasteiger partial charge in [0.1, 0.15) is 0 Å². The fourth-order valence-electron chi connectivity index (χ4n) is 3.78. The van der Waals surface area contributed by atoms with E-state index in [9.17, 15) is 13.2 Å². The van der Waals surface area contributed by atoms with Gasteiger partial charge >= 0.3 is 6.18 Å². The van der Waals surface area contributed by atoms with Crippen molar-refractivity contribution in [1.82, 2.24) is 0 Å². The predicted octanol–water partition coefficient (Wildman–Crippen LogP) is 4.64. The van der Waals surface area contributed by atoms with Crippen molar-refractivity contribution in [2.45, 2.75) is 64.7 Å². The van der Waals surface area contributed by atoms with Crippen LogP contribution in [0, 0.1) is 0 Å². The van der Waals surface area contributed by atoms with Gasteiger partial charge in [-0.15, -0.1) is 0 Å². The molecule has 1 fully saturated rings. The number of benzene rings is 1. The van der Waals surface area contributed by atoms with Gasteiger partial charge in [-0.3, -0.25) is 0 Å². The van der Waals surface area contributed by atoms with Gasteiger partial charge in [0.2, 0.25) is 0 Å². The lowest BCUT2D eigenvalue weighted by molar-refractivity contribution is -0.137. The van der Waals surface area contributed by atoms with E-state index >= 15 is 0 Å². The molecule has 1 aromatic carbocycles. The van der Waals surface area contributed by atoms with E-state index in [1.807, 2.05) is 24.8 Å². The molecule has 1 aliphatic heterocycles. The summed E-state index contributed by atoms with van der Waals surface area (Å²) < 4.78 is 46.9. The van der Waals surface area contributed by atoms with E-state index in [1.54, 1.807) is 6.07 Å². The van der Waals surface area contributed by atoms with E-state index in [2.05, 4.69) is 20.0 Å². The Labute approximate surface area is 144 Å². The van der Waals surface area contributed by atoms with Crippen LogP contribution in [0.1, 0.15) is 32.8 Å². The van der Waals surface area contributed by atoms with Crippen LogP contribution in [0.15, 0.2) is 18.2 Å². The molecule has 0 radical (unpaired) electrons. The smallest absolute Gasteiger partial charge is 0.372 e. The molecule has 1 aromatic rings. The molecule has 0 bridgehead atoms. The van der Waals surface area contributed by atoms with E-state index in [1.165, 1.54) is 6.07 Å². The molecule has 2 nitrogen and oxygen atoms in total. The Morgan fingerprint density at radius 1 is 1.17 bits per heavy atom. The van der Waals surface area contributed by atoms with Crippen LogP contribution in [0.25, 0.3) is 0 Å². The minimum Gasteiger partial charge on any atom is -0.372 e. The summed E-state index contributed by atoms with van der Waals surface area (Å²) in [6, 6.07) is 5.69. The number of alkyl halides is 3. The van der Waals surface area contributed by atoms with E-state index < -0.39 is 19.8 Å². The maximum absolute atomic E-state index is 13.7. The quantitative estimate of drug-likeness (QED) is 0.726. The lowest BCUT2D eigenvalue weighted by Gasteiger charge is -2.41. The molecule has 0 spiro atoms. The minimum atomic E-state index is -4.34. The molecule has 0 saturated carbocycles. The molecule has 136 valence electrons. The van der Waals surface area contributed by atoms with Gasteiger partial charge in [0.05, 0.1) is 25.8 Å². The fourth-order valence-corrected chi connectivity index (χ4v) is 6.78. The first kappa shape index (κ1) is 19.3. The Morgan fingerprint density at radius 2 is 1.75 bits per heavy atom. The molecular weight excluding hydrogens is 331 g/mol. The Kier molecular flexibility index (Phi) is 5.70. The summed E-state index contributed by atoms with van der Waals surface area (Å²) in [5.74, 6) is 0. The van der Waals surface area contributed by atoms with Crippen molar-refractivity contribution in [3.63, 3.8) is 0 Å². The van der Waals surface area contributed by atoms with E-state index in [0.29, 0.717) is 18.8 Å². The number of hydrogen-bond donors (Lipinski definition) is 0. The molecule has 6 heteroatoms. The summed E-state index contributed by atoms with van der Waals surface area (Å²) in [5.41, 5.74) is -0.102. The highest BCUT2D eigenvalue weighted by molar-refractivity contribution is 6.90. The topological polar surface area (TPSA) is 12.5 Å². The third-order valence-corrected chi connectivity index (χ3v) is 8.29. The van der Waals surface area contributed by atoms with E-state index in [0.717, 1.165) is 17.7 Å². The lowest BCUT2D eigenvalue weighted by Crippen LogP contribution is -2.51. The predicted molar refractivity (Wildman–Crippen MR) is 95.9 cm³/mol. The molecule has 1 aliphatic rings. The van der Waals surface area contributed by atoms with Crippen LogP contribution in [0.2, 0.25) is 19.1 Å². The summed E-state index contributed by atoms with van der Waals surface area (Å²) >= 11 is 0. The highest BCUT2D eigenvalue weighted by Gasteiger charge is 2.40. The Bertz CT molecular complexity index is 564. The maximum atomic E-state index is 13.7. The summed E-state index contributed by atoms with van der Waals surface area (Å²) in [5, 5.41) is 0.917. The van der Waals surface area contributed by atoms with Gasteiger partial charge in [-0.05, 0) is 25.1 Å². The first-order valence-corrected chi connectivity index (χ1v) is 11.9. The molecule has 2 unspecified atom stereocenters. The lowest BCUT2D eigenvalue weighted by atomic mass is 10.1. The molecule has 0 aliphatic carbocycles. The molecule has 0 aromatic heterocycles. The van der Waals surface area contributed by atoms with Gasteiger partial charge in [-0.25, -0.2) is 0 Å². The van der Waals surface area contributed by atoms with Crippen molar-refractivity contribution in [2.24, 2.45) is 0 Å². The van der Waals surface area contributed by atoms with Crippen LogP contribution in [0.5, 0.6) is 0 Å². The van der Waals surface area contributed by atoms with Gasteiger partial charge in [0.25, 0.3) is 0 Å². The van der Waals surface area contributed by atoms with E-state index in [-0.39, 0.29) is 12.2 Å². The third kappa shape index (κ3) is 4.14. The average Bonchev–Trinajstić information content (AvgIpc) is 2.44. The number of nitrogens with zero attached hydrogens (tertiary/aromatic N) is 1. The van der Waals surface area contributed by atoms with Crippen molar-refractivity contribution in [3.8, 4) is 0 Å². The highest BCUT2D eigenvalue weighted by Crippen LogP contribution is 2.38. The van der Waals surface area contributed by atoms with E-state index in [4.69, 9.17) is 4.74 Å². The van der Waals surface area contributed by atoms with Gasteiger partial charge in [-0.1, -0.05) is 44.6 Å². The normalized spacial score (nSPS) is 22.8. The number of hydrogen-bond acceptors (Lipinski definition) is 2. The van der Waals surface area contributed by atoms with Crippen molar-refractivity contribution < 1.29 is 17.9 Å². The number of morpholine rings is 1. The number of para-hydroxylation sites is 1. The van der Waals surface area contributed by atoms with Gasteiger partial charge in [-0.2, -0.15) is 13.2 Å². The fraction of sp³-hybridized carbons (Fsp3) is 0.667. The first-order valence-electron chi connectivity index (χ1n) is 8.67. The van der Waals surface area contributed by atoms with Crippen LogP contribution in [-0.2, 0) is 10.9 Å². The second-order valence-electron chi connectivity index (χ2n) is 7.50. The SMILES string of the molecule is CCC[Si](C)(C)c1cccc(C(F)(F)F)c1N1CC(C)OC(C)C1. The molecule has 2 rings (SSSR count). The molecule has 1 saturated heterocycles. The number of ether oxygens (including phenoxy) is 1. The highest BCUT2D eigenvalue weighted by atomic mass is 28.3. The van der Waals surface area contributed by atoms with Gasteiger partial charge in [0.15, 0.2) is 0 Å². The largest absolute Gasteiger partial charge is 0.418 e. The van der Waals surface area contributed by atoms with Crippen molar-refractivity contribution in [1.29, 1.82) is 0 Å². The molecule has 1 heterocycles. The minimum absolute atomic E-state index is 0.0705. The second-order valence-corrected chi connectivity index (χ2v) is 12.3. The number of halogens is 3. The zero-order chi connectivity index (χ0) is 18.1. The van der Waals surface area contributed by atoms with Gasteiger partial charge in [0, 0.05) is 18.8 Å². The summed E-state index contributed by atoms with van der Waals surface area (Å²) in [6.07, 6.45) is -3.49. The van der Waals surface area contributed by atoms with Crippen LogP contribution < -0.4 is 10.1 Å². The van der Waals surface area contributed by atoms with Crippen molar-refractivity contribution >= 4 is 18.9 Å². The standard InChI is InChI=1S/C18H28F3NOSi/c1-6-10-24(4,5)16-9-7-8-15(18(19,20)21)17(16)22-11-13(2)23-14(3)12-22/h7-9,13-14H,6,10-12H2,1-5H3. The Balaban J connectivity index is 2.60. The van der Waals surface area contributed by atoms with Gasteiger partial charge < -0.3 is 9.64 Å². The summed E-state index contributed by atoms with van der Waals surface area (Å²) in [6.45, 7) is 11.3. The molecule has 0 amide bonds. The zero-order valence-electron chi connectivity index (χ0n) is 15.2. The summed E-state index contributed by atoms with van der Waals surface area (Å²) in [4.78, 5) is 1.90. The average molecular weight is 360 g/mol. The Morgan fingerprint density at radius 3 is 2.25 bits per heavy atom. The van der Waals surface area contributed by atoms with Crippen LogP contribution in [0.3, 0.4) is 0 Å². The van der Waals surface area contributed by atoms with Crippen LogP contribution >= 0.6 is 0 Å².